The third-order valence-corrected chi connectivity index (χ3v) is 7.41. The lowest BCUT2D eigenvalue weighted by Gasteiger charge is -2.29. The van der Waals surface area contributed by atoms with Crippen LogP contribution < -0.4 is 15.0 Å². The number of ether oxygens (including phenoxy) is 2. The molecule has 7 nitrogen and oxygen atoms in total. The maximum Gasteiger partial charge on any atom is 0.337 e. The number of thiocarbonyl (C=S) groups is 1. The molecule has 0 spiro atoms. The number of hydrogen-bond acceptors (Lipinski definition) is 5. The van der Waals surface area contributed by atoms with E-state index in [9.17, 15) is 4.79 Å². The standard InChI is InChI=1S/C33H28N4O3S/c1-22-11-15-26(16-12-22)40-27-17-13-24(14-18-27)37-31(30(35-33(37)41)28-9-3-4-19-34-28)29-10-6-20-36(29)25-8-5-7-23(21-25)32(38)39-2/h3-21,30-31H,1-2H3,(H,35,41)/t30-,31+/m0/s1. The zero-order chi connectivity index (χ0) is 28.3. The molecule has 0 unspecified atom stereocenters. The first-order chi connectivity index (χ1) is 20.0. The summed E-state index contributed by atoms with van der Waals surface area (Å²) in [5.41, 5.74) is 5.27. The monoisotopic (exact) mass is 560 g/mol. The first-order valence-electron chi connectivity index (χ1n) is 13.2. The predicted octanol–water partition coefficient (Wildman–Crippen LogP) is 6.94. The third-order valence-electron chi connectivity index (χ3n) is 7.10. The molecule has 3 heterocycles. The zero-order valence-electron chi connectivity index (χ0n) is 22.6. The zero-order valence-corrected chi connectivity index (χ0v) is 23.4. The van der Waals surface area contributed by atoms with Crippen LogP contribution in [0.2, 0.25) is 0 Å². The minimum absolute atomic E-state index is 0.218. The molecule has 0 amide bonds. The fraction of sp³-hybridized carbons (Fsp3) is 0.121. The van der Waals surface area contributed by atoms with Crippen LogP contribution in [0.25, 0.3) is 5.69 Å². The van der Waals surface area contributed by atoms with Crippen molar-refractivity contribution in [3.8, 4) is 17.2 Å². The van der Waals surface area contributed by atoms with E-state index in [4.69, 9.17) is 21.7 Å². The number of pyridine rings is 1. The summed E-state index contributed by atoms with van der Waals surface area (Å²) in [6, 6.07) is 32.8. The van der Waals surface area contributed by atoms with Crippen molar-refractivity contribution in [1.29, 1.82) is 0 Å². The molecule has 5 aromatic rings. The lowest BCUT2D eigenvalue weighted by Crippen LogP contribution is -2.30. The van der Waals surface area contributed by atoms with Crippen LogP contribution in [0.5, 0.6) is 11.5 Å². The number of carbonyl (C=O) groups excluding carboxylic acids is 1. The normalized spacial score (nSPS) is 16.3. The van der Waals surface area contributed by atoms with Gasteiger partial charge in [0.1, 0.15) is 17.5 Å². The van der Waals surface area contributed by atoms with Crippen molar-refractivity contribution in [3.05, 3.63) is 138 Å². The van der Waals surface area contributed by atoms with Gasteiger partial charge in [-0.2, -0.15) is 0 Å². The number of esters is 1. The van der Waals surface area contributed by atoms with Crippen LogP contribution >= 0.6 is 12.2 Å². The smallest absolute Gasteiger partial charge is 0.337 e. The highest BCUT2D eigenvalue weighted by molar-refractivity contribution is 7.80. The van der Waals surface area contributed by atoms with Gasteiger partial charge in [-0.05, 0) is 98.0 Å². The molecule has 0 aliphatic carbocycles. The number of benzene rings is 3. The van der Waals surface area contributed by atoms with Gasteiger partial charge in [0, 0.05) is 29.5 Å². The molecule has 41 heavy (non-hydrogen) atoms. The summed E-state index contributed by atoms with van der Waals surface area (Å²) in [6.07, 6.45) is 3.77. The highest BCUT2D eigenvalue weighted by Gasteiger charge is 2.42. The van der Waals surface area contributed by atoms with Crippen molar-refractivity contribution >= 4 is 29.0 Å². The van der Waals surface area contributed by atoms with Gasteiger partial charge in [0.15, 0.2) is 5.11 Å². The van der Waals surface area contributed by atoms with Crippen molar-refractivity contribution < 1.29 is 14.3 Å². The second-order valence-corrected chi connectivity index (χ2v) is 10.1. The van der Waals surface area contributed by atoms with E-state index in [0.717, 1.165) is 34.3 Å². The summed E-state index contributed by atoms with van der Waals surface area (Å²) in [7, 11) is 1.38. The molecule has 0 bridgehead atoms. The van der Waals surface area contributed by atoms with E-state index in [1.807, 2.05) is 104 Å². The Morgan fingerprint density at radius 1 is 0.878 bits per heavy atom. The molecule has 204 valence electrons. The van der Waals surface area contributed by atoms with Crippen LogP contribution in [0.3, 0.4) is 0 Å². The Bertz CT molecular complexity index is 1680. The number of methoxy groups -OCH3 is 1. The number of nitrogens with one attached hydrogen (secondary N) is 1. The molecule has 6 rings (SSSR count). The molecule has 1 fully saturated rings. The number of anilines is 1. The van der Waals surface area contributed by atoms with Gasteiger partial charge in [0.05, 0.1) is 24.4 Å². The molecule has 3 aromatic carbocycles. The van der Waals surface area contributed by atoms with Crippen molar-refractivity contribution in [3.63, 3.8) is 0 Å². The number of aryl methyl sites for hydroxylation is 1. The van der Waals surface area contributed by atoms with Gasteiger partial charge in [-0.25, -0.2) is 4.79 Å². The van der Waals surface area contributed by atoms with Crippen LogP contribution in [0.1, 0.15) is 39.4 Å². The molecule has 1 aliphatic heterocycles. The summed E-state index contributed by atoms with van der Waals surface area (Å²) in [5.74, 6) is 1.13. The molecular formula is C33H28N4O3S. The number of hydrogen-bond donors (Lipinski definition) is 1. The van der Waals surface area contributed by atoms with Gasteiger partial charge in [-0.15, -0.1) is 0 Å². The minimum atomic E-state index is -0.384. The number of rotatable bonds is 7. The van der Waals surface area contributed by atoms with Gasteiger partial charge in [-0.3, -0.25) is 4.98 Å². The summed E-state index contributed by atoms with van der Waals surface area (Å²) in [6.45, 7) is 2.05. The molecule has 2 aromatic heterocycles. The van der Waals surface area contributed by atoms with Gasteiger partial charge >= 0.3 is 5.97 Å². The topological polar surface area (TPSA) is 68.6 Å². The van der Waals surface area contributed by atoms with E-state index in [-0.39, 0.29) is 18.1 Å². The van der Waals surface area contributed by atoms with Crippen molar-refractivity contribution in [1.82, 2.24) is 14.9 Å². The van der Waals surface area contributed by atoms with Crippen LogP contribution in [-0.2, 0) is 4.74 Å². The number of carbonyl (C=O) groups is 1. The summed E-state index contributed by atoms with van der Waals surface area (Å²) in [4.78, 5) is 19.0. The minimum Gasteiger partial charge on any atom is -0.465 e. The second-order valence-electron chi connectivity index (χ2n) is 9.75. The van der Waals surface area contributed by atoms with E-state index in [1.165, 1.54) is 12.7 Å². The fourth-order valence-corrected chi connectivity index (χ4v) is 5.47. The SMILES string of the molecule is COC(=O)c1cccc(-n2cccc2[C@@H]2[C@H](c3ccccn3)NC(=S)N2c2ccc(Oc3ccc(C)cc3)cc2)c1. The van der Waals surface area contributed by atoms with Crippen LogP contribution in [0.4, 0.5) is 5.69 Å². The first kappa shape index (κ1) is 26.3. The highest BCUT2D eigenvalue weighted by atomic mass is 32.1. The Morgan fingerprint density at radius 3 is 2.34 bits per heavy atom. The van der Waals surface area contributed by atoms with Gasteiger partial charge in [-0.1, -0.05) is 29.8 Å². The van der Waals surface area contributed by atoms with Gasteiger partial charge in [0.25, 0.3) is 0 Å². The van der Waals surface area contributed by atoms with Crippen molar-refractivity contribution in [2.45, 2.75) is 19.0 Å². The quantitative estimate of drug-likeness (QED) is 0.171. The molecule has 0 saturated carbocycles. The number of nitrogens with zero attached hydrogens (tertiary/aromatic N) is 3. The molecular weight excluding hydrogens is 532 g/mol. The molecule has 0 radical (unpaired) electrons. The third kappa shape index (κ3) is 5.29. The molecule has 1 saturated heterocycles. The summed E-state index contributed by atoms with van der Waals surface area (Å²) < 4.78 is 13.1. The van der Waals surface area contributed by atoms with Crippen LogP contribution in [0, 0.1) is 6.92 Å². The highest BCUT2D eigenvalue weighted by Crippen LogP contribution is 2.42. The largest absolute Gasteiger partial charge is 0.465 e. The van der Waals surface area contributed by atoms with Gasteiger partial charge in [0.2, 0.25) is 0 Å². The van der Waals surface area contributed by atoms with Crippen molar-refractivity contribution in [2.24, 2.45) is 0 Å². The van der Waals surface area contributed by atoms with Crippen LogP contribution in [0.15, 0.2) is 116 Å². The first-order valence-corrected chi connectivity index (χ1v) is 13.6. The Morgan fingerprint density at radius 2 is 1.63 bits per heavy atom. The van der Waals surface area contributed by atoms with Gasteiger partial charge < -0.3 is 24.3 Å². The Labute approximate surface area is 244 Å². The Balaban J connectivity index is 1.39. The lowest BCUT2D eigenvalue weighted by atomic mass is 10.0. The fourth-order valence-electron chi connectivity index (χ4n) is 5.12. The summed E-state index contributed by atoms with van der Waals surface area (Å²) in [5, 5.41) is 4.10. The van der Waals surface area contributed by atoms with E-state index >= 15 is 0 Å². The Kier molecular flexibility index (Phi) is 7.22. The van der Waals surface area contributed by atoms with Crippen LogP contribution in [-0.4, -0.2) is 27.7 Å². The molecule has 1 N–H and O–H groups in total. The maximum atomic E-state index is 12.3. The second kappa shape index (κ2) is 11.3. The lowest BCUT2D eigenvalue weighted by molar-refractivity contribution is 0.0600. The number of aromatic nitrogens is 2. The predicted molar refractivity (Wildman–Crippen MR) is 163 cm³/mol. The average molecular weight is 561 g/mol. The maximum absolute atomic E-state index is 12.3. The summed E-state index contributed by atoms with van der Waals surface area (Å²) >= 11 is 5.92. The van der Waals surface area contributed by atoms with E-state index in [1.54, 1.807) is 12.3 Å². The van der Waals surface area contributed by atoms with Crippen molar-refractivity contribution in [2.75, 3.05) is 12.0 Å². The van der Waals surface area contributed by atoms with E-state index < -0.39 is 0 Å². The van der Waals surface area contributed by atoms with E-state index in [2.05, 4.69) is 25.8 Å². The van der Waals surface area contributed by atoms with E-state index in [0.29, 0.717) is 10.7 Å². The average Bonchev–Trinajstić information content (AvgIpc) is 3.63. The molecule has 2 atom stereocenters. The molecule has 1 aliphatic rings. The molecule has 8 heteroatoms. The Hall–Kier alpha value is -4.95.